The third-order valence-corrected chi connectivity index (χ3v) is 4.68. The van der Waals surface area contributed by atoms with Crippen molar-refractivity contribution >= 4 is 17.7 Å². The first kappa shape index (κ1) is 21.1. The number of carbonyl (C=O) groups is 3. The highest BCUT2D eigenvalue weighted by Crippen LogP contribution is 2.25. The Kier molecular flexibility index (Phi) is 7.50. The molecule has 1 aromatic carbocycles. The van der Waals surface area contributed by atoms with Gasteiger partial charge in [-0.05, 0) is 31.9 Å². The fourth-order valence-corrected chi connectivity index (χ4v) is 2.93. The quantitative estimate of drug-likeness (QED) is 0.698. The van der Waals surface area contributed by atoms with Gasteiger partial charge in [0.2, 0.25) is 0 Å². The van der Waals surface area contributed by atoms with Crippen molar-refractivity contribution in [2.45, 2.75) is 44.9 Å². The maximum atomic E-state index is 12.2. The molecule has 0 aliphatic carbocycles. The van der Waals surface area contributed by atoms with E-state index in [2.05, 4.69) is 10.1 Å². The van der Waals surface area contributed by atoms with Crippen LogP contribution in [0.15, 0.2) is 30.3 Å². The second kappa shape index (κ2) is 9.62. The molecule has 1 N–H and O–H groups in total. The summed E-state index contributed by atoms with van der Waals surface area (Å²) in [6, 6.07) is 8.29. The minimum absolute atomic E-state index is 0.0753. The van der Waals surface area contributed by atoms with Crippen LogP contribution in [0.1, 0.15) is 43.5 Å². The van der Waals surface area contributed by atoms with Crippen molar-refractivity contribution in [1.29, 1.82) is 0 Å². The van der Waals surface area contributed by atoms with E-state index in [4.69, 9.17) is 9.47 Å². The van der Waals surface area contributed by atoms with Gasteiger partial charge in [0.05, 0.1) is 26.4 Å². The molecule has 1 aliphatic heterocycles. The highest BCUT2D eigenvalue weighted by molar-refractivity contribution is 5.97. The molecule has 1 unspecified atom stereocenters. The molecule has 7 nitrogen and oxygen atoms in total. The van der Waals surface area contributed by atoms with Crippen LogP contribution < -0.4 is 5.32 Å². The van der Waals surface area contributed by atoms with E-state index in [1.165, 1.54) is 14.0 Å². The Balaban J connectivity index is 1.78. The molecule has 1 atom stereocenters. The van der Waals surface area contributed by atoms with Crippen LogP contribution in [0.2, 0.25) is 0 Å². The van der Waals surface area contributed by atoms with E-state index in [1.54, 1.807) is 31.2 Å². The van der Waals surface area contributed by atoms with Crippen LogP contribution in [-0.2, 0) is 23.8 Å². The largest absolute Gasteiger partial charge is 0.465 e. The maximum Gasteiger partial charge on any atom is 0.366 e. The van der Waals surface area contributed by atoms with E-state index in [1.807, 2.05) is 6.07 Å². The molecule has 0 aromatic heterocycles. The summed E-state index contributed by atoms with van der Waals surface area (Å²) in [5.41, 5.74) is 0.528. The van der Waals surface area contributed by atoms with Crippen LogP contribution in [0.25, 0.3) is 0 Å². The molecule has 1 heterocycles. The molecule has 27 heavy (non-hydrogen) atoms. The van der Waals surface area contributed by atoms with Gasteiger partial charge in [-0.3, -0.25) is 9.59 Å². The van der Waals surface area contributed by atoms with Gasteiger partial charge >= 0.3 is 5.97 Å². The van der Waals surface area contributed by atoms with Crippen molar-refractivity contribution in [3.8, 4) is 0 Å². The van der Waals surface area contributed by atoms with E-state index in [9.17, 15) is 14.4 Å². The number of rotatable bonds is 8. The lowest BCUT2D eigenvalue weighted by atomic mass is 9.98. The van der Waals surface area contributed by atoms with Crippen LogP contribution in [0, 0.1) is 5.92 Å². The van der Waals surface area contributed by atoms with Gasteiger partial charge in [-0.25, -0.2) is 4.79 Å². The number of hydrogen-bond donors (Lipinski definition) is 1. The fraction of sp³-hybridized carbons (Fsp3) is 0.550. The monoisotopic (exact) mass is 377 g/mol. The second-order valence-electron chi connectivity index (χ2n) is 6.86. The molecule has 1 aliphatic rings. The molecule has 1 saturated heterocycles. The van der Waals surface area contributed by atoms with E-state index < -0.39 is 17.8 Å². The molecule has 0 spiro atoms. The molecule has 2 rings (SSSR count). The number of amides is 1. The Hall–Kier alpha value is -2.25. The van der Waals surface area contributed by atoms with Crippen LogP contribution in [0.5, 0.6) is 0 Å². The lowest BCUT2D eigenvalue weighted by molar-refractivity contribution is -0.272. The third-order valence-electron chi connectivity index (χ3n) is 4.68. The van der Waals surface area contributed by atoms with Crippen LogP contribution >= 0.6 is 0 Å². The lowest BCUT2D eigenvalue weighted by Gasteiger charge is -2.35. The maximum absolute atomic E-state index is 12.2. The third kappa shape index (κ3) is 5.87. The first-order valence-corrected chi connectivity index (χ1v) is 9.08. The van der Waals surface area contributed by atoms with E-state index in [0.29, 0.717) is 25.2 Å². The zero-order valence-electron chi connectivity index (χ0n) is 16.0. The van der Waals surface area contributed by atoms with Crippen LogP contribution in [0.3, 0.4) is 0 Å². The minimum Gasteiger partial charge on any atom is -0.465 e. The average molecular weight is 377 g/mol. The predicted molar refractivity (Wildman–Crippen MR) is 98.0 cm³/mol. The SMILES string of the molecule is COC(=O)C1(C)OCC(CCCC(NC(=O)c2ccccc2)C(C)=O)CO1. The van der Waals surface area contributed by atoms with Crippen molar-refractivity contribution < 1.29 is 28.6 Å². The molecule has 1 aromatic rings. The topological polar surface area (TPSA) is 90.9 Å². The first-order chi connectivity index (χ1) is 12.9. The number of carbonyl (C=O) groups excluding carboxylic acids is 3. The average Bonchev–Trinajstić information content (AvgIpc) is 2.68. The van der Waals surface area contributed by atoms with Crippen LogP contribution in [0.4, 0.5) is 0 Å². The number of Topliss-reactive ketones (excluding diaryl/α,β-unsaturated/α-hetero) is 1. The van der Waals surface area contributed by atoms with Crippen molar-refractivity contribution in [1.82, 2.24) is 5.32 Å². The minimum atomic E-state index is -1.35. The van der Waals surface area contributed by atoms with E-state index >= 15 is 0 Å². The summed E-state index contributed by atoms with van der Waals surface area (Å²) in [6.07, 6.45) is 2.03. The summed E-state index contributed by atoms with van der Waals surface area (Å²) in [7, 11) is 1.29. The van der Waals surface area contributed by atoms with Gasteiger partial charge in [-0.2, -0.15) is 0 Å². The summed E-state index contributed by atoms with van der Waals surface area (Å²) < 4.78 is 15.7. The number of benzene rings is 1. The molecule has 0 bridgehead atoms. The van der Waals surface area contributed by atoms with Crippen LogP contribution in [-0.4, -0.2) is 49.8 Å². The molecule has 1 amide bonds. The van der Waals surface area contributed by atoms with Gasteiger partial charge in [0.15, 0.2) is 5.78 Å². The Morgan fingerprint density at radius 2 is 1.85 bits per heavy atom. The summed E-state index contributed by atoms with van der Waals surface area (Å²) in [4.78, 5) is 35.8. The van der Waals surface area contributed by atoms with E-state index in [0.717, 1.165) is 12.8 Å². The smallest absolute Gasteiger partial charge is 0.366 e. The highest BCUT2D eigenvalue weighted by Gasteiger charge is 2.41. The van der Waals surface area contributed by atoms with Gasteiger partial charge in [-0.15, -0.1) is 0 Å². The zero-order chi connectivity index (χ0) is 19.9. The number of esters is 1. The van der Waals surface area contributed by atoms with Gasteiger partial charge < -0.3 is 19.5 Å². The summed E-state index contributed by atoms with van der Waals surface area (Å²) in [5.74, 6) is -2.11. The Bertz CT molecular complexity index is 652. The Morgan fingerprint density at radius 3 is 2.41 bits per heavy atom. The molecule has 0 radical (unpaired) electrons. The second-order valence-corrected chi connectivity index (χ2v) is 6.86. The van der Waals surface area contributed by atoms with Gasteiger partial charge in [-0.1, -0.05) is 24.6 Å². The van der Waals surface area contributed by atoms with Crippen molar-refractivity contribution in [2.24, 2.45) is 5.92 Å². The Morgan fingerprint density at radius 1 is 1.22 bits per heavy atom. The summed E-state index contributed by atoms with van der Waals surface area (Å²) in [6.45, 7) is 3.78. The molecular weight excluding hydrogens is 350 g/mol. The molecule has 0 saturated carbocycles. The fourth-order valence-electron chi connectivity index (χ4n) is 2.93. The number of nitrogens with one attached hydrogen (secondary N) is 1. The number of ketones is 1. The lowest BCUT2D eigenvalue weighted by Crippen LogP contribution is -2.48. The summed E-state index contributed by atoms with van der Waals surface area (Å²) in [5, 5.41) is 2.79. The normalized spacial score (nSPS) is 23.3. The van der Waals surface area contributed by atoms with Crippen molar-refractivity contribution in [3.05, 3.63) is 35.9 Å². The van der Waals surface area contributed by atoms with Gasteiger partial charge in [0, 0.05) is 18.4 Å². The number of hydrogen-bond acceptors (Lipinski definition) is 6. The zero-order valence-corrected chi connectivity index (χ0v) is 16.0. The predicted octanol–water partition coefficient (Wildman–Crippen LogP) is 2.10. The highest BCUT2D eigenvalue weighted by atomic mass is 16.7. The molecule has 1 fully saturated rings. The summed E-state index contributed by atoms with van der Waals surface area (Å²) >= 11 is 0. The number of ether oxygens (including phenoxy) is 3. The van der Waals surface area contributed by atoms with Gasteiger partial charge in [0.25, 0.3) is 11.7 Å². The first-order valence-electron chi connectivity index (χ1n) is 9.08. The Labute approximate surface area is 159 Å². The van der Waals surface area contributed by atoms with Crippen molar-refractivity contribution in [2.75, 3.05) is 20.3 Å². The van der Waals surface area contributed by atoms with Crippen molar-refractivity contribution in [3.63, 3.8) is 0 Å². The van der Waals surface area contributed by atoms with Gasteiger partial charge in [0.1, 0.15) is 0 Å². The molecular formula is C20H27NO6. The number of methoxy groups -OCH3 is 1. The molecule has 7 heteroatoms. The van der Waals surface area contributed by atoms with E-state index in [-0.39, 0.29) is 17.6 Å². The standard InChI is InChI=1S/C20H27NO6/c1-14(22)17(21-18(23)16-9-5-4-6-10-16)11-7-8-15-12-26-20(2,27-13-15)19(24)25-3/h4-6,9-10,15,17H,7-8,11-13H2,1-3H3,(H,21,23). The molecule has 148 valence electrons.